The van der Waals surface area contributed by atoms with Gasteiger partial charge in [-0.1, -0.05) is 25.4 Å². The van der Waals surface area contributed by atoms with Crippen LogP contribution in [0.3, 0.4) is 0 Å². The van der Waals surface area contributed by atoms with E-state index in [1.165, 1.54) is 12.1 Å². The summed E-state index contributed by atoms with van der Waals surface area (Å²) in [6, 6.07) is 3.75. The Morgan fingerprint density at radius 3 is 2.64 bits per heavy atom. The highest BCUT2D eigenvalue weighted by molar-refractivity contribution is 6.32. The van der Waals surface area contributed by atoms with Gasteiger partial charge in [0.05, 0.1) is 5.02 Å². The van der Waals surface area contributed by atoms with Crippen molar-refractivity contribution in [1.29, 1.82) is 0 Å². The van der Waals surface area contributed by atoms with Gasteiger partial charge in [0, 0.05) is 12.1 Å². The van der Waals surface area contributed by atoms with Crippen LogP contribution in [-0.4, -0.2) is 24.6 Å². The standard InChI is InChI=1S/C15H22ClFN2O2.ClH/c1-10(2)7-15(3,9-18)19-14(20)8-21-13-5-4-11(17)6-12(13)16;/h4-6,10H,7-9,18H2,1-3H3,(H,19,20);1H. The Morgan fingerprint density at radius 1 is 1.50 bits per heavy atom. The SMILES string of the molecule is CC(C)CC(C)(CN)NC(=O)COc1ccc(F)cc1Cl.Cl. The highest BCUT2D eigenvalue weighted by atomic mass is 35.5. The van der Waals surface area contributed by atoms with Gasteiger partial charge in [0.25, 0.3) is 5.91 Å². The maximum Gasteiger partial charge on any atom is 0.258 e. The highest BCUT2D eigenvalue weighted by Gasteiger charge is 2.26. The first-order valence-electron chi connectivity index (χ1n) is 6.84. The van der Waals surface area contributed by atoms with Crippen LogP contribution in [0.5, 0.6) is 5.75 Å². The lowest BCUT2D eigenvalue weighted by Gasteiger charge is -2.31. The van der Waals surface area contributed by atoms with Gasteiger partial charge in [-0.3, -0.25) is 4.79 Å². The molecule has 22 heavy (non-hydrogen) atoms. The summed E-state index contributed by atoms with van der Waals surface area (Å²) in [6.07, 6.45) is 0.770. The highest BCUT2D eigenvalue weighted by Crippen LogP contribution is 2.24. The van der Waals surface area contributed by atoms with Crippen LogP contribution in [0.15, 0.2) is 18.2 Å². The number of hydrogen-bond donors (Lipinski definition) is 2. The van der Waals surface area contributed by atoms with E-state index in [4.69, 9.17) is 22.1 Å². The first-order valence-corrected chi connectivity index (χ1v) is 7.22. The largest absolute Gasteiger partial charge is 0.482 e. The summed E-state index contributed by atoms with van der Waals surface area (Å²) < 4.78 is 18.2. The lowest BCUT2D eigenvalue weighted by molar-refractivity contribution is -0.125. The van der Waals surface area contributed by atoms with E-state index in [9.17, 15) is 9.18 Å². The van der Waals surface area contributed by atoms with Crippen LogP contribution in [0.1, 0.15) is 27.2 Å². The van der Waals surface area contributed by atoms with E-state index in [2.05, 4.69) is 19.2 Å². The first-order chi connectivity index (χ1) is 9.75. The third-order valence-electron chi connectivity index (χ3n) is 3.00. The fourth-order valence-corrected chi connectivity index (χ4v) is 2.42. The molecule has 0 aliphatic heterocycles. The molecule has 0 aliphatic carbocycles. The lowest BCUT2D eigenvalue weighted by atomic mass is 9.91. The molecular formula is C15H23Cl2FN2O2. The predicted octanol–water partition coefficient (Wildman–Crippen LogP) is 3.16. The molecule has 0 saturated heterocycles. The van der Waals surface area contributed by atoms with Crippen LogP contribution in [0.25, 0.3) is 0 Å². The number of halogens is 3. The molecule has 0 radical (unpaired) electrons. The molecule has 1 unspecified atom stereocenters. The normalized spacial score (nSPS) is 13.2. The van der Waals surface area contributed by atoms with Gasteiger partial charge in [-0.25, -0.2) is 4.39 Å². The molecule has 3 N–H and O–H groups in total. The molecule has 1 aromatic carbocycles. The maximum atomic E-state index is 12.9. The number of amides is 1. The molecule has 0 bridgehead atoms. The zero-order valence-electron chi connectivity index (χ0n) is 13.0. The van der Waals surface area contributed by atoms with E-state index >= 15 is 0 Å². The van der Waals surface area contributed by atoms with E-state index in [-0.39, 0.29) is 35.7 Å². The van der Waals surface area contributed by atoms with E-state index in [0.29, 0.717) is 12.5 Å². The van der Waals surface area contributed by atoms with Crippen molar-refractivity contribution in [3.8, 4) is 5.75 Å². The van der Waals surface area contributed by atoms with Crippen molar-refractivity contribution in [2.24, 2.45) is 11.7 Å². The molecule has 0 aliphatic rings. The van der Waals surface area contributed by atoms with E-state index in [0.717, 1.165) is 12.5 Å². The van der Waals surface area contributed by atoms with Gasteiger partial charge in [-0.15, -0.1) is 12.4 Å². The van der Waals surface area contributed by atoms with Crippen LogP contribution >= 0.6 is 24.0 Å². The van der Waals surface area contributed by atoms with Crippen molar-refractivity contribution in [1.82, 2.24) is 5.32 Å². The molecule has 0 aromatic heterocycles. The minimum atomic E-state index is -0.471. The smallest absolute Gasteiger partial charge is 0.258 e. The second kappa shape index (κ2) is 9.18. The number of benzene rings is 1. The fraction of sp³-hybridized carbons (Fsp3) is 0.533. The average Bonchev–Trinajstić information content (AvgIpc) is 2.36. The summed E-state index contributed by atoms with van der Waals surface area (Å²) in [5.74, 6) is -0.0636. The molecule has 1 amide bonds. The van der Waals surface area contributed by atoms with Crippen LogP contribution in [0.4, 0.5) is 4.39 Å². The Hall–Kier alpha value is -1.04. The summed E-state index contributed by atoms with van der Waals surface area (Å²) in [5.41, 5.74) is 5.26. The fourth-order valence-electron chi connectivity index (χ4n) is 2.19. The molecule has 4 nitrogen and oxygen atoms in total. The monoisotopic (exact) mass is 352 g/mol. The Balaban J connectivity index is 0.00000441. The van der Waals surface area contributed by atoms with E-state index < -0.39 is 11.4 Å². The number of hydrogen-bond acceptors (Lipinski definition) is 3. The molecule has 1 rings (SSSR count). The van der Waals surface area contributed by atoms with E-state index in [1.54, 1.807) is 0 Å². The summed E-state index contributed by atoms with van der Waals surface area (Å²) >= 11 is 5.83. The van der Waals surface area contributed by atoms with Gasteiger partial charge < -0.3 is 15.8 Å². The molecule has 7 heteroatoms. The third kappa shape index (κ3) is 6.81. The number of rotatable bonds is 7. The minimum Gasteiger partial charge on any atom is -0.482 e. The molecule has 0 heterocycles. The van der Waals surface area contributed by atoms with Crippen molar-refractivity contribution in [3.63, 3.8) is 0 Å². The molecule has 0 fully saturated rings. The van der Waals surface area contributed by atoms with Crippen LogP contribution < -0.4 is 15.8 Å². The molecule has 126 valence electrons. The van der Waals surface area contributed by atoms with Crippen molar-refractivity contribution >= 4 is 29.9 Å². The molecule has 1 aromatic rings. The van der Waals surface area contributed by atoms with Crippen molar-refractivity contribution in [2.45, 2.75) is 32.7 Å². The summed E-state index contributed by atoms with van der Waals surface area (Å²) in [4.78, 5) is 11.9. The Kier molecular flexibility index (Phi) is 8.74. The summed E-state index contributed by atoms with van der Waals surface area (Å²) in [6.45, 7) is 6.17. The van der Waals surface area contributed by atoms with Crippen LogP contribution in [0, 0.1) is 11.7 Å². The first kappa shape index (κ1) is 21.0. The van der Waals surface area contributed by atoms with Crippen molar-refractivity contribution in [3.05, 3.63) is 29.0 Å². The second-order valence-corrected chi connectivity index (χ2v) is 6.18. The Labute approximate surface area is 142 Å². The second-order valence-electron chi connectivity index (χ2n) is 5.77. The van der Waals surface area contributed by atoms with Gasteiger partial charge >= 0.3 is 0 Å². The number of carbonyl (C=O) groups is 1. The maximum absolute atomic E-state index is 12.9. The summed E-state index contributed by atoms with van der Waals surface area (Å²) in [7, 11) is 0. The molecule has 1 atom stereocenters. The number of carbonyl (C=O) groups excluding carboxylic acids is 1. The topological polar surface area (TPSA) is 64.3 Å². The molecular weight excluding hydrogens is 330 g/mol. The van der Waals surface area contributed by atoms with Crippen LogP contribution in [0.2, 0.25) is 5.02 Å². The van der Waals surface area contributed by atoms with Gasteiger partial charge in [0.15, 0.2) is 6.61 Å². The minimum absolute atomic E-state index is 0. The van der Waals surface area contributed by atoms with Gasteiger partial charge in [-0.05, 0) is 37.5 Å². The van der Waals surface area contributed by atoms with Crippen molar-refractivity contribution in [2.75, 3.05) is 13.2 Å². The van der Waals surface area contributed by atoms with Gasteiger partial charge in [-0.2, -0.15) is 0 Å². The quantitative estimate of drug-likeness (QED) is 0.792. The van der Waals surface area contributed by atoms with E-state index in [1.807, 2.05) is 6.92 Å². The zero-order chi connectivity index (χ0) is 16.0. The van der Waals surface area contributed by atoms with Gasteiger partial charge in [0.1, 0.15) is 11.6 Å². The Morgan fingerprint density at radius 2 is 2.14 bits per heavy atom. The van der Waals surface area contributed by atoms with Gasteiger partial charge in [0.2, 0.25) is 0 Å². The zero-order valence-corrected chi connectivity index (χ0v) is 14.6. The predicted molar refractivity (Wildman–Crippen MR) is 89.2 cm³/mol. The molecule has 0 saturated carbocycles. The Bertz CT molecular complexity index is 500. The summed E-state index contributed by atoms with van der Waals surface area (Å²) in [5, 5.41) is 3.00. The van der Waals surface area contributed by atoms with Crippen molar-refractivity contribution < 1.29 is 13.9 Å². The lowest BCUT2D eigenvalue weighted by Crippen LogP contribution is -2.53. The third-order valence-corrected chi connectivity index (χ3v) is 3.30. The number of nitrogens with two attached hydrogens (primary N) is 1. The number of nitrogens with one attached hydrogen (secondary N) is 1. The molecule has 0 spiro atoms. The number of ether oxygens (including phenoxy) is 1. The average molecular weight is 353 g/mol. The van der Waals surface area contributed by atoms with Crippen LogP contribution in [-0.2, 0) is 4.79 Å².